The summed E-state index contributed by atoms with van der Waals surface area (Å²) >= 11 is 0. The number of amides is 1. The van der Waals surface area contributed by atoms with Crippen molar-refractivity contribution in [3.63, 3.8) is 0 Å². The van der Waals surface area contributed by atoms with Crippen LogP contribution >= 0.6 is 0 Å². The third kappa shape index (κ3) is 6.18. The second-order valence-electron chi connectivity index (χ2n) is 12.3. The molecule has 5 heterocycles. The Morgan fingerprint density at radius 3 is 2.57 bits per heavy atom. The molecule has 44 heavy (non-hydrogen) atoms. The van der Waals surface area contributed by atoms with Gasteiger partial charge in [-0.1, -0.05) is 36.8 Å². The summed E-state index contributed by atoms with van der Waals surface area (Å²) in [6, 6.07) is 21.6. The van der Waals surface area contributed by atoms with Crippen molar-refractivity contribution in [1.29, 1.82) is 0 Å². The van der Waals surface area contributed by atoms with Gasteiger partial charge in [0.2, 0.25) is 0 Å². The van der Waals surface area contributed by atoms with Crippen LogP contribution in [0.3, 0.4) is 0 Å². The summed E-state index contributed by atoms with van der Waals surface area (Å²) in [7, 11) is 1.96. The van der Waals surface area contributed by atoms with Gasteiger partial charge in [-0.15, -0.1) is 0 Å². The first-order valence-electron chi connectivity index (χ1n) is 16.0. The van der Waals surface area contributed by atoms with Crippen LogP contribution in [0.25, 0.3) is 33.1 Å². The smallest absolute Gasteiger partial charge is 0.268 e. The lowest BCUT2D eigenvalue weighted by molar-refractivity contribution is 0.0921. The molecule has 2 aliphatic heterocycles. The molecule has 5 aromatic rings. The molecule has 0 saturated carbocycles. The molecule has 2 fully saturated rings. The van der Waals surface area contributed by atoms with Crippen LogP contribution in [0.4, 0.5) is 5.69 Å². The molecule has 2 aliphatic rings. The third-order valence-corrected chi connectivity index (χ3v) is 9.22. The zero-order valence-corrected chi connectivity index (χ0v) is 25.5. The van der Waals surface area contributed by atoms with Crippen LogP contribution in [0.1, 0.15) is 53.7 Å². The maximum atomic E-state index is 13.2. The van der Waals surface area contributed by atoms with Gasteiger partial charge in [0.25, 0.3) is 5.91 Å². The number of hydrogen-bond donors (Lipinski definition) is 3. The number of piperidine rings is 2. The van der Waals surface area contributed by atoms with E-state index in [1.807, 2.05) is 29.9 Å². The lowest BCUT2D eigenvalue weighted by Crippen LogP contribution is -2.43. The third-order valence-electron chi connectivity index (χ3n) is 9.22. The highest BCUT2D eigenvalue weighted by atomic mass is 16.2. The number of nitrogens with zero attached hydrogens (tertiary/aromatic N) is 4. The first kappa shape index (κ1) is 28.5. The van der Waals surface area contributed by atoms with Crippen LogP contribution in [0, 0.1) is 0 Å². The predicted molar refractivity (Wildman–Crippen MR) is 178 cm³/mol. The molecular weight excluding hydrogens is 546 g/mol. The van der Waals surface area contributed by atoms with Gasteiger partial charge in [-0.2, -0.15) is 0 Å². The Hall–Kier alpha value is -4.27. The Morgan fingerprint density at radius 1 is 0.955 bits per heavy atom. The second kappa shape index (κ2) is 12.8. The number of benzene rings is 2. The zero-order chi connectivity index (χ0) is 29.9. The average Bonchev–Trinajstić information content (AvgIpc) is 3.40. The highest BCUT2D eigenvalue weighted by molar-refractivity contribution is 6.00. The summed E-state index contributed by atoms with van der Waals surface area (Å²) in [5.41, 5.74) is 8.11. The van der Waals surface area contributed by atoms with E-state index in [0.29, 0.717) is 12.2 Å². The van der Waals surface area contributed by atoms with Gasteiger partial charge in [0.1, 0.15) is 5.69 Å². The highest BCUT2D eigenvalue weighted by Crippen LogP contribution is 2.31. The number of hydrogen-bond acceptors (Lipinski definition) is 6. The van der Waals surface area contributed by atoms with Gasteiger partial charge in [-0.3, -0.25) is 14.7 Å². The topological polar surface area (TPSA) is 87.1 Å². The number of aryl methyl sites for hydroxylation is 1. The van der Waals surface area contributed by atoms with Gasteiger partial charge < -0.3 is 20.5 Å². The fraction of sp³-hybridized carbons (Fsp3) is 0.361. The van der Waals surface area contributed by atoms with Crippen molar-refractivity contribution in [2.45, 2.75) is 51.2 Å². The second-order valence-corrected chi connectivity index (χ2v) is 12.3. The summed E-state index contributed by atoms with van der Waals surface area (Å²) < 4.78 is 1.99. The Morgan fingerprint density at radius 2 is 1.75 bits per heavy atom. The summed E-state index contributed by atoms with van der Waals surface area (Å²) in [4.78, 5) is 25.1. The van der Waals surface area contributed by atoms with Crippen LogP contribution in [-0.2, 0) is 20.1 Å². The van der Waals surface area contributed by atoms with Crippen molar-refractivity contribution < 1.29 is 4.79 Å². The predicted octanol–water partition coefficient (Wildman–Crippen LogP) is 5.87. The Balaban J connectivity index is 1.11. The fourth-order valence-corrected chi connectivity index (χ4v) is 6.65. The number of rotatable bonds is 8. The number of carbonyl (C=O) groups excluding carboxylic acids is 1. The molecule has 0 aliphatic carbocycles. The lowest BCUT2D eigenvalue weighted by atomic mass is 10.1. The SMILES string of the molecule is Cn1c(C(=O)NC2CCNCC2)cc2cc(-c3cc(NCc4ccc(CN5CCCCC5)cc4)c4cnccc4n3)ccc21. The Bertz CT molecular complexity index is 1770. The maximum Gasteiger partial charge on any atom is 0.268 e. The number of fused-ring (bicyclic) bond motifs is 2. The van der Waals surface area contributed by atoms with E-state index in [-0.39, 0.29) is 11.9 Å². The minimum Gasteiger partial charge on any atom is -0.380 e. The van der Waals surface area contributed by atoms with Crippen LogP contribution in [0.5, 0.6) is 0 Å². The highest BCUT2D eigenvalue weighted by Gasteiger charge is 2.20. The van der Waals surface area contributed by atoms with Gasteiger partial charge in [-0.25, -0.2) is 4.98 Å². The van der Waals surface area contributed by atoms with Crippen molar-refractivity contribution in [3.8, 4) is 11.3 Å². The molecule has 1 amide bonds. The van der Waals surface area contributed by atoms with Gasteiger partial charge in [0.15, 0.2) is 0 Å². The summed E-state index contributed by atoms with van der Waals surface area (Å²) in [6.45, 7) is 6.06. The minimum absolute atomic E-state index is 0.0144. The van der Waals surface area contributed by atoms with E-state index in [1.54, 1.807) is 6.20 Å². The summed E-state index contributed by atoms with van der Waals surface area (Å²) in [5, 5.41) is 12.3. The molecule has 0 atom stereocenters. The number of aromatic nitrogens is 3. The number of anilines is 1. The van der Waals surface area contributed by atoms with E-state index in [1.165, 1.54) is 43.5 Å². The van der Waals surface area contributed by atoms with Gasteiger partial charge in [-0.05, 0) is 93.3 Å². The molecule has 3 N–H and O–H groups in total. The largest absolute Gasteiger partial charge is 0.380 e. The van der Waals surface area contributed by atoms with Crippen molar-refractivity contribution in [2.24, 2.45) is 7.05 Å². The summed E-state index contributed by atoms with van der Waals surface area (Å²) in [5.74, 6) is -0.0144. The molecule has 2 aromatic carbocycles. The first-order valence-corrected chi connectivity index (χ1v) is 16.0. The van der Waals surface area contributed by atoms with Crippen molar-refractivity contribution in [1.82, 2.24) is 30.1 Å². The Labute approximate surface area is 258 Å². The zero-order valence-electron chi connectivity index (χ0n) is 25.5. The Kier molecular flexibility index (Phi) is 8.27. The molecule has 8 nitrogen and oxygen atoms in total. The summed E-state index contributed by atoms with van der Waals surface area (Å²) in [6.07, 6.45) is 9.58. The van der Waals surface area contributed by atoms with E-state index in [2.05, 4.69) is 74.4 Å². The molecule has 3 aromatic heterocycles. The first-order chi connectivity index (χ1) is 21.6. The molecule has 7 rings (SSSR count). The van der Waals surface area contributed by atoms with E-state index in [4.69, 9.17) is 4.98 Å². The standard InChI is InChI=1S/C36H41N7O/c1-42-34-10-9-27(19-28(34)20-35(42)36(44)40-29-11-14-37-15-12-29)32-21-33(30-23-38-16-13-31(30)41-32)39-22-25-5-7-26(8-6-25)24-43-17-3-2-4-18-43/h5-10,13,16,19-21,23,29,37H,2-4,11-12,14-15,17-18,22,24H2,1H3,(H,39,41)(H,40,44). The lowest BCUT2D eigenvalue weighted by Gasteiger charge is -2.26. The van der Waals surface area contributed by atoms with Gasteiger partial charge >= 0.3 is 0 Å². The molecule has 226 valence electrons. The molecule has 0 unspecified atom stereocenters. The molecule has 8 heteroatoms. The van der Waals surface area contributed by atoms with Crippen LogP contribution in [0.15, 0.2) is 73.1 Å². The molecular formula is C36H41N7O. The molecule has 0 bridgehead atoms. The quantitative estimate of drug-likeness (QED) is 0.211. The number of pyridine rings is 2. The normalized spacial score (nSPS) is 16.4. The van der Waals surface area contributed by atoms with E-state index >= 15 is 0 Å². The number of carbonyl (C=O) groups is 1. The van der Waals surface area contributed by atoms with E-state index < -0.39 is 0 Å². The monoisotopic (exact) mass is 587 g/mol. The van der Waals surface area contributed by atoms with Crippen LogP contribution < -0.4 is 16.0 Å². The van der Waals surface area contributed by atoms with E-state index in [0.717, 1.165) is 71.2 Å². The van der Waals surface area contributed by atoms with Gasteiger partial charge in [0.05, 0.1) is 11.2 Å². The average molecular weight is 588 g/mol. The van der Waals surface area contributed by atoms with Crippen molar-refractivity contribution >= 4 is 33.4 Å². The van der Waals surface area contributed by atoms with Gasteiger partial charge in [0, 0.05) is 66.1 Å². The molecule has 2 saturated heterocycles. The molecule has 0 radical (unpaired) electrons. The fourth-order valence-electron chi connectivity index (χ4n) is 6.65. The maximum absolute atomic E-state index is 13.2. The minimum atomic E-state index is -0.0144. The van der Waals surface area contributed by atoms with Crippen LogP contribution in [-0.4, -0.2) is 57.6 Å². The van der Waals surface area contributed by atoms with Crippen LogP contribution in [0.2, 0.25) is 0 Å². The van der Waals surface area contributed by atoms with Crippen molar-refractivity contribution in [2.75, 3.05) is 31.5 Å². The number of likely N-dealkylation sites (tertiary alicyclic amines) is 1. The number of nitrogens with one attached hydrogen (secondary N) is 3. The molecule has 0 spiro atoms. The van der Waals surface area contributed by atoms with E-state index in [9.17, 15) is 4.79 Å². The van der Waals surface area contributed by atoms with Crippen molar-refractivity contribution in [3.05, 3.63) is 89.9 Å².